The van der Waals surface area contributed by atoms with E-state index in [0.717, 1.165) is 99.0 Å². The first-order chi connectivity index (χ1) is 29.7. The van der Waals surface area contributed by atoms with E-state index in [9.17, 15) is 5.26 Å². The Hall–Kier alpha value is -8.01. The Morgan fingerprint density at radius 1 is 0.426 bits per heavy atom. The summed E-state index contributed by atoms with van der Waals surface area (Å²) in [6.07, 6.45) is 0. The topological polar surface area (TPSA) is 78.5 Å². The molecule has 0 saturated heterocycles. The molecular weight excluding hydrogens is 751 g/mol. The number of fused-ring (bicyclic) bond motifs is 12. The fourth-order valence-electron chi connectivity index (χ4n) is 9.53. The largest absolute Gasteiger partial charge is 0.456 e. The summed E-state index contributed by atoms with van der Waals surface area (Å²) < 4.78 is 19.6. The zero-order chi connectivity index (χ0) is 41.1. The predicted molar refractivity (Wildman–Crippen MR) is 251 cm³/mol. The molecule has 0 aliphatic rings. The summed E-state index contributed by atoms with van der Waals surface area (Å²) in [6, 6.07) is 53.6. The monoisotopic (exact) mass is 787 g/mol. The number of hydrogen-bond donors (Lipinski definition) is 1. The van der Waals surface area contributed by atoms with Crippen LogP contribution in [0.4, 0.5) is 28.4 Å². The van der Waals surface area contributed by atoms with Crippen LogP contribution in [0.25, 0.3) is 87.4 Å². The van der Waals surface area contributed by atoms with E-state index < -0.39 is 0 Å². The van der Waals surface area contributed by atoms with Crippen molar-refractivity contribution < 1.29 is 13.3 Å². The molecule has 6 nitrogen and oxygen atoms in total. The normalized spacial score (nSPS) is 11.9. The summed E-state index contributed by atoms with van der Waals surface area (Å²) in [7, 11) is 0. The molecule has 0 saturated carbocycles. The molecule has 290 valence electrons. The Morgan fingerprint density at radius 2 is 1.05 bits per heavy atom. The van der Waals surface area contributed by atoms with Crippen LogP contribution in [0.3, 0.4) is 0 Å². The molecule has 0 amide bonds. The van der Waals surface area contributed by atoms with Crippen molar-refractivity contribution in [2.45, 2.75) is 27.7 Å². The molecule has 0 atom stereocenters. The van der Waals surface area contributed by atoms with E-state index in [-0.39, 0.29) is 0 Å². The van der Waals surface area contributed by atoms with Crippen molar-refractivity contribution in [3.05, 3.63) is 173 Å². The molecule has 12 rings (SSSR count). The van der Waals surface area contributed by atoms with Gasteiger partial charge in [0.1, 0.15) is 34.0 Å². The van der Waals surface area contributed by atoms with Gasteiger partial charge in [-0.15, -0.1) is 0 Å². The lowest BCUT2D eigenvalue weighted by Gasteiger charge is -2.26. The van der Waals surface area contributed by atoms with Crippen molar-refractivity contribution in [2.75, 3.05) is 10.2 Å². The van der Waals surface area contributed by atoms with Gasteiger partial charge < -0.3 is 23.5 Å². The Kier molecular flexibility index (Phi) is 7.45. The summed E-state index contributed by atoms with van der Waals surface area (Å²) in [5, 5.41) is 24.0. The number of para-hydroxylation sites is 1. The summed E-state index contributed by atoms with van der Waals surface area (Å²) in [5.41, 5.74) is 14.9. The van der Waals surface area contributed by atoms with E-state index in [1.807, 2.05) is 18.2 Å². The van der Waals surface area contributed by atoms with Crippen LogP contribution in [0.2, 0.25) is 0 Å². The summed E-state index contributed by atoms with van der Waals surface area (Å²) >= 11 is 0. The fourth-order valence-corrected chi connectivity index (χ4v) is 9.53. The number of nitrogens with one attached hydrogen (secondary N) is 1. The Balaban J connectivity index is 1.01. The predicted octanol–water partition coefficient (Wildman–Crippen LogP) is 16.0. The van der Waals surface area contributed by atoms with Gasteiger partial charge in [0.05, 0.1) is 10.9 Å². The zero-order valence-electron chi connectivity index (χ0n) is 34.0. The van der Waals surface area contributed by atoms with Gasteiger partial charge in [-0.25, -0.2) is 0 Å². The van der Waals surface area contributed by atoms with Crippen LogP contribution in [0.15, 0.2) is 159 Å². The van der Waals surface area contributed by atoms with Gasteiger partial charge in [-0.1, -0.05) is 42.5 Å². The number of aryl methyl sites for hydroxylation is 4. The minimum atomic E-state index is 0.476. The quantitative estimate of drug-likeness (QED) is 0.187. The lowest BCUT2D eigenvalue weighted by Crippen LogP contribution is -2.10. The second kappa shape index (κ2) is 13.0. The molecule has 0 fully saturated rings. The van der Waals surface area contributed by atoms with Crippen molar-refractivity contribution in [1.82, 2.24) is 0 Å². The highest BCUT2D eigenvalue weighted by atomic mass is 16.3. The molecular formula is C55H37N3O3. The molecule has 0 aliphatic heterocycles. The molecule has 0 spiro atoms. The van der Waals surface area contributed by atoms with Gasteiger partial charge in [0.2, 0.25) is 0 Å². The minimum absolute atomic E-state index is 0.476. The van der Waals surface area contributed by atoms with Crippen LogP contribution >= 0.6 is 0 Å². The van der Waals surface area contributed by atoms with Gasteiger partial charge in [-0.05, 0) is 175 Å². The number of benzene rings is 9. The van der Waals surface area contributed by atoms with E-state index in [4.69, 9.17) is 13.3 Å². The van der Waals surface area contributed by atoms with E-state index in [0.29, 0.717) is 22.3 Å². The van der Waals surface area contributed by atoms with Crippen molar-refractivity contribution in [3.8, 4) is 6.07 Å². The van der Waals surface area contributed by atoms with Crippen LogP contribution in [0.5, 0.6) is 0 Å². The minimum Gasteiger partial charge on any atom is -0.456 e. The summed E-state index contributed by atoms with van der Waals surface area (Å²) in [6.45, 7) is 8.50. The molecule has 1 N–H and O–H groups in total. The SMILES string of the molecule is Cc1cc(C)cc(Nc2ccc3cc4c(cc3c2)oc2c(C#N)cc3c5cc6ccc(N(c7cc(C)cc(C)c7)c7ccc8oc9ccccc9c8c7)cc6cc5oc3c24)c1. The maximum absolute atomic E-state index is 10.5. The van der Waals surface area contributed by atoms with Gasteiger partial charge in [-0.3, -0.25) is 0 Å². The third kappa shape index (κ3) is 5.62. The molecule has 0 bridgehead atoms. The van der Waals surface area contributed by atoms with Crippen LogP contribution in [0, 0.1) is 39.0 Å². The number of furan rings is 3. The van der Waals surface area contributed by atoms with Gasteiger partial charge >= 0.3 is 0 Å². The highest BCUT2D eigenvalue weighted by Crippen LogP contribution is 2.45. The number of nitriles is 1. The average molecular weight is 788 g/mol. The van der Waals surface area contributed by atoms with Gasteiger partial charge in [0, 0.05) is 55.4 Å². The second-order valence-corrected chi connectivity index (χ2v) is 16.6. The van der Waals surface area contributed by atoms with Gasteiger partial charge in [0.15, 0.2) is 5.58 Å². The van der Waals surface area contributed by atoms with Crippen LogP contribution in [-0.2, 0) is 0 Å². The molecule has 9 aromatic carbocycles. The van der Waals surface area contributed by atoms with Crippen LogP contribution < -0.4 is 10.2 Å². The summed E-state index contributed by atoms with van der Waals surface area (Å²) in [5.74, 6) is 0. The average Bonchev–Trinajstić information content (AvgIpc) is 3.91. The summed E-state index contributed by atoms with van der Waals surface area (Å²) in [4.78, 5) is 2.32. The van der Waals surface area contributed by atoms with Crippen molar-refractivity contribution in [3.63, 3.8) is 0 Å². The lowest BCUT2D eigenvalue weighted by molar-refractivity contribution is 0.662. The van der Waals surface area contributed by atoms with E-state index in [1.165, 1.54) is 22.3 Å². The molecule has 3 heterocycles. The maximum Gasteiger partial charge on any atom is 0.156 e. The van der Waals surface area contributed by atoms with Crippen LogP contribution in [-0.4, -0.2) is 0 Å². The third-order valence-electron chi connectivity index (χ3n) is 12.0. The van der Waals surface area contributed by atoms with Gasteiger partial charge in [0.25, 0.3) is 0 Å². The Labute approximate surface area is 350 Å². The molecule has 6 heteroatoms. The number of nitrogens with zero attached hydrogens (tertiary/aromatic N) is 2. The Morgan fingerprint density at radius 3 is 1.84 bits per heavy atom. The van der Waals surface area contributed by atoms with E-state index in [1.54, 1.807) is 0 Å². The first kappa shape index (κ1) is 35.0. The lowest BCUT2D eigenvalue weighted by atomic mass is 10.0. The molecule has 3 aromatic heterocycles. The highest BCUT2D eigenvalue weighted by molar-refractivity contribution is 6.25. The zero-order valence-corrected chi connectivity index (χ0v) is 34.0. The van der Waals surface area contributed by atoms with Crippen molar-refractivity contribution in [2.24, 2.45) is 0 Å². The Bertz CT molecular complexity index is 3840. The highest BCUT2D eigenvalue weighted by Gasteiger charge is 2.22. The van der Waals surface area contributed by atoms with Gasteiger partial charge in [-0.2, -0.15) is 5.26 Å². The van der Waals surface area contributed by atoms with Crippen LogP contribution in [0.1, 0.15) is 27.8 Å². The first-order valence-electron chi connectivity index (χ1n) is 20.5. The maximum atomic E-state index is 10.5. The third-order valence-corrected chi connectivity index (χ3v) is 12.0. The molecule has 0 aliphatic carbocycles. The van der Waals surface area contributed by atoms with Crippen molar-refractivity contribution in [1.29, 1.82) is 5.26 Å². The number of hydrogen-bond acceptors (Lipinski definition) is 6. The first-order valence-corrected chi connectivity index (χ1v) is 20.5. The fraction of sp³-hybridized carbons (Fsp3) is 0.0727. The molecule has 0 radical (unpaired) electrons. The standard InChI is InChI=1S/C55H37N3O3/c1-30-15-31(2)18-40(17-30)57-39-11-9-34-24-48-52(26-36(34)21-39)60-54-38(29-56)25-47-45-23-35-10-12-41(22-37(35)27-51(45)61-55(47)53(48)54)58(43-19-32(3)16-33(4)20-43)42-13-14-50-46(28-42)44-7-5-6-8-49(44)59-50/h5-28,57H,1-4H3. The molecule has 61 heavy (non-hydrogen) atoms. The molecule has 12 aromatic rings. The van der Waals surface area contributed by atoms with Crippen molar-refractivity contribution >= 4 is 116 Å². The number of anilines is 5. The second-order valence-electron chi connectivity index (χ2n) is 16.6. The van der Waals surface area contributed by atoms with E-state index >= 15 is 0 Å². The number of rotatable bonds is 5. The smallest absolute Gasteiger partial charge is 0.156 e. The van der Waals surface area contributed by atoms with E-state index in [2.05, 4.69) is 171 Å². The molecule has 0 unspecified atom stereocenters.